The van der Waals surface area contributed by atoms with Crippen molar-refractivity contribution >= 4 is 35.8 Å². The van der Waals surface area contributed by atoms with E-state index in [0.29, 0.717) is 18.7 Å². The molecular formula is C17H28FIN4O. The van der Waals surface area contributed by atoms with E-state index in [0.717, 1.165) is 12.5 Å². The molecule has 0 heterocycles. The maximum Gasteiger partial charge on any atom is 0.224 e. The molecule has 7 heteroatoms. The molecule has 0 saturated heterocycles. The van der Waals surface area contributed by atoms with Gasteiger partial charge in [0, 0.05) is 18.6 Å². The van der Waals surface area contributed by atoms with Gasteiger partial charge in [-0.1, -0.05) is 12.1 Å². The van der Waals surface area contributed by atoms with Gasteiger partial charge in [0.25, 0.3) is 0 Å². The maximum absolute atomic E-state index is 13.1. The highest BCUT2D eigenvalue weighted by atomic mass is 127. The fourth-order valence-electron chi connectivity index (χ4n) is 1.92. The van der Waals surface area contributed by atoms with Crippen LogP contribution in [0.3, 0.4) is 0 Å². The first-order valence-electron chi connectivity index (χ1n) is 7.88. The third-order valence-corrected chi connectivity index (χ3v) is 2.80. The van der Waals surface area contributed by atoms with Gasteiger partial charge >= 0.3 is 0 Å². The van der Waals surface area contributed by atoms with Gasteiger partial charge in [-0.3, -0.25) is 9.79 Å². The van der Waals surface area contributed by atoms with Gasteiger partial charge < -0.3 is 16.0 Å². The minimum absolute atomic E-state index is 0. The summed E-state index contributed by atoms with van der Waals surface area (Å²) in [7, 11) is 0. The van der Waals surface area contributed by atoms with Crippen molar-refractivity contribution in [1.82, 2.24) is 16.0 Å². The maximum atomic E-state index is 13.1. The summed E-state index contributed by atoms with van der Waals surface area (Å²) < 4.78 is 13.1. The van der Waals surface area contributed by atoms with E-state index in [-0.39, 0.29) is 47.7 Å². The molecule has 1 amide bonds. The standard InChI is InChI=1S/C17H27FN4O.HI/c1-5-19-16(22-17(2,3)4)21-10-9-20-15(23)12-13-7-6-8-14(18)11-13;/h6-8,11H,5,9-10,12H2,1-4H3,(H,20,23)(H2,19,21,22);1H. The Kier molecular flexibility index (Phi) is 10.6. The third kappa shape index (κ3) is 10.4. The first-order valence-corrected chi connectivity index (χ1v) is 7.88. The zero-order valence-electron chi connectivity index (χ0n) is 14.8. The van der Waals surface area contributed by atoms with Crippen LogP contribution < -0.4 is 16.0 Å². The van der Waals surface area contributed by atoms with Crippen molar-refractivity contribution in [2.45, 2.75) is 39.7 Å². The zero-order chi connectivity index (χ0) is 17.3. The van der Waals surface area contributed by atoms with Crippen molar-refractivity contribution in [3.63, 3.8) is 0 Å². The Bertz CT molecular complexity index is 544. The number of amides is 1. The Morgan fingerprint density at radius 3 is 2.54 bits per heavy atom. The van der Waals surface area contributed by atoms with Crippen molar-refractivity contribution in [2.75, 3.05) is 19.6 Å². The number of aliphatic imine (C=N–C) groups is 1. The normalized spacial score (nSPS) is 11.5. The van der Waals surface area contributed by atoms with Gasteiger partial charge in [0.2, 0.25) is 5.91 Å². The summed E-state index contributed by atoms with van der Waals surface area (Å²) >= 11 is 0. The number of hydrogen-bond acceptors (Lipinski definition) is 2. The van der Waals surface area contributed by atoms with Crippen LogP contribution in [-0.2, 0) is 11.2 Å². The second-order valence-electron chi connectivity index (χ2n) is 6.29. The molecule has 0 atom stereocenters. The van der Waals surface area contributed by atoms with Crippen molar-refractivity contribution in [3.05, 3.63) is 35.6 Å². The van der Waals surface area contributed by atoms with Gasteiger partial charge in [-0.2, -0.15) is 0 Å². The molecule has 24 heavy (non-hydrogen) atoms. The molecule has 0 spiro atoms. The molecule has 0 aliphatic carbocycles. The number of guanidine groups is 1. The van der Waals surface area contributed by atoms with Crippen LogP contribution in [0.2, 0.25) is 0 Å². The summed E-state index contributed by atoms with van der Waals surface area (Å²) in [6.45, 7) is 9.85. The molecule has 0 saturated carbocycles. The Morgan fingerprint density at radius 1 is 1.25 bits per heavy atom. The molecule has 5 nitrogen and oxygen atoms in total. The average molecular weight is 450 g/mol. The Balaban J connectivity index is 0.00000529. The van der Waals surface area contributed by atoms with Crippen LogP contribution in [0, 0.1) is 5.82 Å². The van der Waals surface area contributed by atoms with Gasteiger partial charge in [-0.25, -0.2) is 4.39 Å². The summed E-state index contributed by atoms with van der Waals surface area (Å²) in [4.78, 5) is 16.2. The summed E-state index contributed by atoms with van der Waals surface area (Å²) in [6, 6.07) is 6.06. The number of halogens is 2. The predicted molar refractivity (Wildman–Crippen MR) is 107 cm³/mol. The minimum atomic E-state index is -0.330. The van der Waals surface area contributed by atoms with E-state index in [4.69, 9.17) is 0 Å². The van der Waals surface area contributed by atoms with Gasteiger partial charge in [-0.05, 0) is 45.4 Å². The van der Waals surface area contributed by atoms with Gasteiger partial charge in [0.05, 0.1) is 13.0 Å². The molecule has 0 aromatic heterocycles. The molecule has 0 aliphatic rings. The molecule has 0 fully saturated rings. The predicted octanol–water partition coefficient (Wildman–Crippen LogP) is 2.46. The fraction of sp³-hybridized carbons (Fsp3) is 0.529. The number of carbonyl (C=O) groups is 1. The van der Waals surface area contributed by atoms with Crippen molar-refractivity contribution in [3.8, 4) is 0 Å². The van der Waals surface area contributed by atoms with E-state index in [9.17, 15) is 9.18 Å². The quantitative estimate of drug-likeness (QED) is 0.270. The highest BCUT2D eigenvalue weighted by molar-refractivity contribution is 14.0. The lowest BCUT2D eigenvalue weighted by Crippen LogP contribution is -2.47. The highest BCUT2D eigenvalue weighted by Gasteiger charge is 2.11. The smallest absolute Gasteiger partial charge is 0.224 e. The number of nitrogens with one attached hydrogen (secondary N) is 3. The van der Waals surface area contributed by atoms with E-state index in [1.165, 1.54) is 12.1 Å². The number of hydrogen-bond donors (Lipinski definition) is 3. The van der Waals surface area contributed by atoms with E-state index >= 15 is 0 Å². The SMILES string of the molecule is CCNC(=NCCNC(=O)Cc1cccc(F)c1)NC(C)(C)C.I. The summed E-state index contributed by atoms with van der Waals surface area (Å²) in [6.07, 6.45) is 0.168. The molecule has 1 aromatic rings. The molecule has 3 N–H and O–H groups in total. The lowest BCUT2D eigenvalue weighted by molar-refractivity contribution is -0.120. The van der Waals surface area contributed by atoms with E-state index < -0.39 is 0 Å². The van der Waals surface area contributed by atoms with Crippen LogP contribution in [0.15, 0.2) is 29.3 Å². The Hall–Kier alpha value is -1.38. The Morgan fingerprint density at radius 2 is 1.96 bits per heavy atom. The van der Waals surface area contributed by atoms with Crippen LogP contribution >= 0.6 is 24.0 Å². The molecule has 0 bridgehead atoms. The minimum Gasteiger partial charge on any atom is -0.357 e. The van der Waals surface area contributed by atoms with Crippen LogP contribution in [0.4, 0.5) is 4.39 Å². The topological polar surface area (TPSA) is 65.5 Å². The van der Waals surface area contributed by atoms with Crippen LogP contribution in [0.5, 0.6) is 0 Å². The molecule has 0 unspecified atom stereocenters. The molecule has 1 aromatic carbocycles. The first-order chi connectivity index (χ1) is 10.8. The third-order valence-electron chi connectivity index (χ3n) is 2.80. The summed E-state index contributed by atoms with van der Waals surface area (Å²) in [5, 5.41) is 9.22. The lowest BCUT2D eigenvalue weighted by Gasteiger charge is -2.23. The fourth-order valence-corrected chi connectivity index (χ4v) is 1.92. The monoisotopic (exact) mass is 450 g/mol. The molecular weight excluding hydrogens is 422 g/mol. The number of rotatable bonds is 6. The second-order valence-corrected chi connectivity index (χ2v) is 6.29. The number of nitrogens with zero attached hydrogens (tertiary/aromatic N) is 1. The van der Waals surface area contributed by atoms with Crippen LogP contribution in [0.1, 0.15) is 33.3 Å². The highest BCUT2D eigenvalue weighted by Crippen LogP contribution is 2.04. The van der Waals surface area contributed by atoms with Crippen LogP contribution in [0.25, 0.3) is 0 Å². The summed E-state index contributed by atoms with van der Waals surface area (Å²) in [5.41, 5.74) is 0.579. The lowest BCUT2D eigenvalue weighted by atomic mass is 10.1. The van der Waals surface area contributed by atoms with Crippen molar-refractivity contribution < 1.29 is 9.18 Å². The molecule has 136 valence electrons. The van der Waals surface area contributed by atoms with E-state index in [1.807, 2.05) is 6.92 Å². The number of benzene rings is 1. The summed E-state index contributed by atoms with van der Waals surface area (Å²) in [5.74, 6) is 0.252. The second kappa shape index (κ2) is 11.2. The molecule has 0 aliphatic heterocycles. The van der Waals surface area contributed by atoms with E-state index in [2.05, 4.69) is 41.7 Å². The average Bonchev–Trinajstić information content (AvgIpc) is 2.42. The largest absolute Gasteiger partial charge is 0.357 e. The van der Waals surface area contributed by atoms with Crippen molar-refractivity contribution in [1.29, 1.82) is 0 Å². The zero-order valence-corrected chi connectivity index (χ0v) is 17.1. The van der Waals surface area contributed by atoms with Crippen molar-refractivity contribution in [2.24, 2.45) is 4.99 Å². The first kappa shape index (κ1) is 22.6. The van der Waals surface area contributed by atoms with Gasteiger partial charge in [-0.15, -0.1) is 24.0 Å². The van der Waals surface area contributed by atoms with E-state index in [1.54, 1.807) is 12.1 Å². The van der Waals surface area contributed by atoms with Gasteiger partial charge in [0.15, 0.2) is 5.96 Å². The molecule has 1 rings (SSSR count). The van der Waals surface area contributed by atoms with Gasteiger partial charge in [0.1, 0.15) is 5.82 Å². The van der Waals surface area contributed by atoms with Crippen LogP contribution in [-0.4, -0.2) is 37.0 Å². The number of carbonyl (C=O) groups excluding carboxylic acids is 1. The molecule has 0 radical (unpaired) electrons. The Labute approximate surface area is 160 Å².